The first-order chi connectivity index (χ1) is 15.3. The fourth-order valence-corrected chi connectivity index (χ4v) is 3.85. The van der Waals surface area contributed by atoms with Crippen LogP contribution in [-0.4, -0.2) is 45.1 Å². The molecule has 0 aliphatic carbocycles. The highest BCUT2D eigenvalue weighted by atomic mass is 35.5. The minimum absolute atomic E-state index is 0.00973. The molecule has 0 saturated heterocycles. The van der Waals surface area contributed by atoms with Crippen molar-refractivity contribution in [1.29, 1.82) is 0 Å². The summed E-state index contributed by atoms with van der Waals surface area (Å²) in [5.74, 6) is 0.262. The lowest BCUT2D eigenvalue weighted by atomic mass is 10.1. The number of aryl methyl sites for hydroxylation is 2. The fourth-order valence-electron chi connectivity index (χ4n) is 2.96. The molecule has 0 aliphatic heterocycles. The van der Waals surface area contributed by atoms with Crippen LogP contribution < -0.4 is 5.32 Å². The van der Waals surface area contributed by atoms with Crippen molar-refractivity contribution in [3.8, 4) is 11.4 Å². The van der Waals surface area contributed by atoms with Crippen LogP contribution in [0, 0.1) is 24.0 Å². The second-order valence-electron chi connectivity index (χ2n) is 7.01. The highest BCUT2D eigenvalue weighted by molar-refractivity contribution is 7.99. The number of hydrogen-bond donors (Lipinski definition) is 1. The first kappa shape index (κ1) is 23.7. The zero-order valence-electron chi connectivity index (χ0n) is 17.8. The summed E-state index contributed by atoms with van der Waals surface area (Å²) in [5.41, 5.74) is 2.50. The number of thioether (sulfide) groups is 1. The van der Waals surface area contributed by atoms with Crippen molar-refractivity contribution < 1.29 is 14.5 Å². The maximum absolute atomic E-state index is 12.5. The van der Waals surface area contributed by atoms with Gasteiger partial charge < -0.3 is 10.1 Å². The third kappa shape index (κ3) is 5.64. The van der Waals surface area contributed by atoms with Crippen LogP contribution in [0.3, 0.4) is 0 Å². The van der Waals surface area contributed by atoms with E-state index < -0.39 is 4.92 Å². The summed E-state index contributed by atoms with van der Waals surface area (Å²) in [5, 5.41) is 23.6. The molecule has 0 unspecified atom stereocenters. The average molecular weight is 476 g/mol. The summed E-state index contributed by atoms with van der Waals surface area (Å²) in [4.78, 5) is 23.4. The van der Waals surface area contributed by atoms with Crippen molar-refractivity contribution >= 4 is 40.6 Å². The van der Waals surface area contributed by atoms with Crippen LogP contribution in [0.5, 0.6) is 0 Å². The second-order valence-corrected chi connectivity index (χ2v) is 8.38. The summed E-state index contributed by atoms with van der Waals surface area (Å²) in [6.07, 6.45) is 0. The number of hydrogen-bond acceptors (Lipinski definition) is 7. The molecule has 1 aromatic heterocycles. The number of nitrogens with one attached hydrogen (secondary N) is 1. The predicted octanol–water partition coefficient (Wildman–Crippen LogP) is 4.50. The Balaban J connectivity index is 1.77. The SMILES string of the molecule is COCCn1c(SCC(=O)Nc2cc(C)c(C)cc2[N+](=O)[O-])nnc1-c1ccc(Cl)cc1. The van der Waals surface area contributed by atoms with Gasteiger partial charge in [0, 0.05) is 23.8 Å². The summed E-state index contributed by atoms with van der Waals surface area (Å²) < 4.78 is 7.06. The van der Waals surface area contributed by atoms with E-state index in [1.165, 1.54) is 17.8 Å². The molecule has 0 radical (unpaired) electrons. The van der Waals surface area contributed by atoms with Gasteiger partial charge in [0.2, 0.25) is 5.91 Å². The van der Waals surface area contributed by atoms with Gasteiger partial charge in [-0.05, 0) is 55.3 Å². The molecule has 11 heteroatoms. The van der Waals surface area contributed by atoms with Crippen molar-refractivity contribution in [3.63, 3.8) is 0 Å². The van der Waals surface area contributed by atoms with E-state index in [1.807, 2.05) is 23.6 Å². The van der Waals surface area contributed by atoms with E-state index in [0.717, 1.165) is 16.7 Å². The molecule has 0 saturated carbocycles. The van der Waals surface area contributed by atoms with E-state index in [2.05, 4.69) is 15.5 Å². The number of aromatic nitrogens is 3. The molecule has 3 aromatic rings. The van der Waals surface area contributed by atoms with E-state index in [4.69, 9.17) is 16.3 Å². The number of rotatable bonds is 9. The number of amides is 1. The molecule has 1 heterocycles. The first-order valence-electron chi connectivity index (χ1n) is 9.66. The van der Waals surface area contributed by atoms with E-state index in [9.17, 15) is 14.9 Å². The van der Waals surface area contributed by atoms with Crippen molar-refractivity contribution in [2.45, 2.75) is 25.5 Å². The average Bonchev–Trinajstić information content (AvgIpc) is 3.16. The normalized spacial score (nSPS) is 10.9. The van der Waals surface area contributed by atoms with Crippen LogP contribution in [0.1, 0.15) is 11.1 Å². The molecule has 0 atom stereocenters. The van der Waals surface area contributed by atoms with Crippen LogP contribution >= 0.6 is 23.4 Å². The number of anilines is 1. The lowest BCUT2D eigenvalue weighted by molar-refractivity contribution is -0.384. The quantitative estimate of drug-likeness (QED) is 0.275. The summed E-state index contributed by atoms with van der Waals surface area (Å²) >= 11 is 7.17. The molecule has 0 spiro atoms. The Kier molecular flexibility index (Phi) is 7.84. The lowest BCUT2D eigenvalue weighted by Gasteiger charge is -2.11. The first-order valence-corrected chi connectivity index (χ1v) is 11.0. The van der Waals surface area contributed by atoms with Gasteiger partial charge in [0.05, 0.1) is 23.8 Å². The summed E-state index contributed by atoms with van der Waals surface area (Å²) in [7, 11) is 1.60. The molecule has 0 fully saturated rings. The van der Waals surface area contributed by atoms with Gasteiger partial charge in [-0.2, -0.15) is 0 Å². The minimum Gasteiger partial charge on any atom is -0.383 e. The second kappa shape index (κ2) is 10.6. The molecular weight excluding hydrogens is 454 g/mol. The van der Waals surface area contributed by atoms with Crippen LogP contribution in [-0.2, 0) is 16.1 Å². The van der Waals surface area contributed by atoms with Gasteiger partial charge in [0.15, 0.2) is 11.0 Å². The Bertz CT molecular complexity index is 1130. The van der Waals surface area contributed by atoms with Crippen molar-refractivity contribution in [1.82, 2.24) is 14.8 Å². The van der Waals surface area contributed by atoms with E-state index in [-0.39, 0.29) is 23.0 Å². The maximum atomic E-state index is 12.5. The molecular formula is C21H22ClN5O4S. The van der Waals surface area contributed by atoms with Crippen molar-refractivity contribution in [2.24, 2.45) is 0 Å². The third-order valence-electron chi connectivity index (χ3n) is 4.75. The molecule has 3 rings (SSSR count). The molecule has 1 amide bonds. The predicted molar refractivity (Wildman–Crippen MR) is 124 cm³/mol. The van der Waals surface area contributed by atoms with Crippen molar-refractivity contribution in [3.05, 3.63) is 62.7 Å². The Morgan fingerprint density at radius 2 is 1.91 bits per heavy atom. The fraction of sp³-hybridized carbons (Fsp3) is 0.286. The monoisotopic (exact) mass is 475 g/mol. The minimum atomic E-state index is -0.505. The van der Waals surface area contributed by atoms with Crippen LogP contribution in [0.15, 0.2) is 41.6 Å². The number of methoxy groups -OCH3 is 1. The number of halogens is 1. The summed E-state index contributed by atoms with van der Waals surface area (Å²) in [6.45, 7) is 4.55. The molecule has 2 aromatic carbocycles. The number of ether oxygens (including phenoxy) is 1. The molecule has 9 nitrogen and oxygen atoms in total. The third-order valence-corrected chi connectivity index (χ3v) is 5.97. The molecule has 32 heavy (non-hydrogen) atoms. The van der Waals surface area contributed by atoms with Crippen LogP contribution in [0.25, 0.3) is 11.4 Å². The Morgan fingerprint density at radius 1 is 1.22 bits per heavy atom. The number of nitro groups is 1. The largest absolute Gasteiger partial charge is 0.383 e. The lowest BCUT2D eigenvalue weighted by Crippen LogP contribution is -2.16. The van der Waals surface area contributed by atoms with Gasteiger partial charge in [0.1, 0.15) is 5.69 Å². The number of nitrogens with zero attached hydrogens (tertiary/aromatic N) is 4. The topological polar surface area (TPSA) is 112 Å². The standard InChI is InChI=1S/C21H22ClN5O4S/c1-13-10-17(18(27(29)30)11-14(13)2)23-19(28)12-32-21-25-24-20(26(21)8-9-31-3)15-4-6-16(22)7-5-15/h4-7,10-11H,8-9,12H2,1-3H3,(H,23,28). The molecule has 1 N–H and O–H groups in total. The number of nitro benzene ring substituents is 1. The van der Waals surface area contributed by atoms with Gasteiger partial charge in [0.25, 0.3) is 5.69 Å². The van der Waals surface area contributed by atoms with Gasteiger partial charge in [-0.25, -0.2) is 0 Å². The Labute approximate surface area is 194 Å². The van der Waals surface area contributed by atoms with E-state index in [1.54, 1.807) is 32.2 Å². The van der Waals surface area contributed by atoms with Crippen LogP contribution in [0.4, 0.5) is 11.4 Å². The highest BCUT2D eigenvalue weighted by Crippen LogP contribution is 2.29. The Hall–Kier alpha value is -2.95. The van der Waals surface area contributed by atoms with Gasteiger partial charge >= 0.3 is 0 Å². The van der Waals surface area contributed by atoms with E-state index in [0.29, 0.717) is 29.2 Å². The highest BCUT2D eigenvalue weighted by Gasteiger charge is 2.19. The van der Waals surface area contributed by atoms with Gasteiger partial charge in [-0.1, -0.05) is 23.4 Å². The molecule has 0 aliphatic rings. The summed E-state index contributed by atoms with van der Waals surface area (Å²) in [6, 6.07) is 10.3. The zero-order valence-corrected chi connectivity index (χ0v) is 19.4. The molecule has 168 valence electrons. The zero-order chi connectivity index (χ0) is 23.3. The van der Waals surface area contributed by atoms with Gasteiger partial charge in [-0.3, -0.25) is 19.5 Å². The van der Waals surface area contributed by atoms with Crippen molar-refractivity contribution in [2.75, 3.05) is 24.8 Å². The van der Waals surface area contributed by atoms with E-state index >= 15 is 0 Å². The number of benzene rings is 2. The maximum Gasteiger partial charge on any atom is 0.293 e. The Morgan fingerprint density at radius 3 is 2.56 bits per heavy atom. The van der Waals surface area contributed by atoms with Crippen LogP contribution in [0.2, 0.25) is 5.02 Å². The molecule has 0 bridgehead atoms. The number of carbonyl (C=O) groups excluding carboxylic acids is 1. The number of carbonyl (C=O) groups is 1. The van der Waals surface area contributed by atoms with Gasteiger partial charge in [-0.15, -0.1) is 10.2 Å². The smallest absolute Gasteiger partial charge is 0.293 e.